The standard InChI is InChI=1S/C35H34N4O4/c1-22(2)28-19-29(24(4)18-32(28)42-5)34-38-30-12-8-7-11-27(30)35(41)39(34)36-20-25-10-6-9-13-31(25)43-21-33(40)37-26-16-14-23(3)15-17-26/h6-20,22H,21H2,1-5H3,(H,37,40). The number of carbonyl (C=O) groups excluding carboxylic acids is 1. The van der Waals surface area contributed by atoms with Crippen molar-refractivity contribution < 1.29 is 14.3 Å². The van der Waals surface area contributed by atoms with E-state index < -0.39 is 0 Å². The van der Waals surface area contributed by atoms with Crippen LogP contribution in [0.25, 0.3) is 22.3 Å². The normalized spacial score (nSPS) is 11.3. The van der Waals surface area contributed by atoms with E-state index >= 15 is 0 Å². The van der Waals surface area contributed by atoms with Crippen LogP contribution >= 0.6 is 0 Å². The fraction of sp³-hybridized carbons (Fsp3) is 0.200. The van der Waals surface area contributed by atoms with Crippen molar-refractivity contribution >= 4 is 28.7 Å². The van der Waals surface area contributed by atoms with E-state index in [1.54, 1.807) is 31.5 Å². The van der Waals surface area contributed by atoms with Crippen LogP contribution < -0.4 is 20.3 Å². The highest BCUT2D eigenvalue weighted by Crippen LogP contribution is 2.34. The fourth-order valence-electron chi connectivity index (χ4n) is 4.79. The lowest BCUT2D eigenvalue weighted by molar-refractivity contribution is -0.118. The van der Waals surface area contributed by atoms with Gasteiger partial charge in [-0.3, -0.25) is 9.59 Å². The number of methoxy groups -OCH3 is 1. The molecule has 8 nitrogen and oxygen atoms in total. The van der Waals surface area contributed by atoms with Gasteiger partial charge in [0.2, 0.25) is 0 Å². The van der Waals surface area contributed by atoms with Crippen LogP contribution in [0.1, 0.15) is 42.0 Å². The zero-order chi connectivity index (χ0) is 30.5. The summed E-state index contributed by atoms with van der Waals surface area (Å²) in [4.78, 5) is 31.2. The van der Waals surface area contributed by atoms with Crippen molar-refractivity contribution in [1.29, 1.82) is 0 Å². The van der Waals surface area contributed by atoms with Gasteiger partial charge in [0.1, 0.15) is 11.5 Å². The predicted octanol–water partition coefficient (Wildman–Crippen LogP) is 6.71. The van der Waals surface area contributed by atoms with Crippen molar-refractivity contribution in [3.63, 3.8) is 0 Å². The van der Waals surface area contributed by atoms with E-state index in [1.165, 1.54) is 4.68 Å². The molecule has 0 radical (unpaired) electrons. The van der Waals surface area contributed by atoms with Crippen LogP contribution in [-0.4, -0.2) is 35.5 Å². The van der Waals surface area contributed by atoms with Gasteiger partial charge in [0.05, 0.1) is 24.2 Å². The molecule has 4 aromatic carbocycles. The highest BCUT2D eigenvalue weighted by atomic mass is 16.5. The number of aryl methyl sites for hydroxylation is 2. The Bertz CT molecular complexity index is 1870. The summed E-state index contributed by atoms with van der Waals surface area (Å²) in [6.45, 7) is 7.94. The van der Waals surface area contributed by atoms with E-state index in [2.05, 4.69) is 24.3 Å². The Labute approximate surface area is 250 Å². The SMILES string of the molecule is COc1cc(C)c(-c2nc3ccccc3c(=O)n2N=Cc2ccccc2OCC(=O)Nc2ccc(C)cc2)cc1C(C)C. The first-order valence-corrected chi connectivity index (χ1v) is 14.1. The molecule has 0 saturated heterocycles. The van der Waals surface area contributed by atoms with Crippen molar-refractivity contribution in [2.24, 2.45) is 5.10 Å². The molecular weight excluding hydrogens is 540 g/mol. The lowest BCUT2D eigenvalue weighted by Crippen LogP contribution is -2.21. The number of anilines is 1. The zero-order valence-electron chi connectivity index (χ0n) is 24.9. The van der Waals surface area contributed by atoms with Crippen LogP contribution in [0.3, 0.4) is 0 Å². The minimum absolute atomic E-state index is 0.186. The number of hydrogen-bond acceptors (Lipinski definition) is 6. The summed E-state index contributed by atoms with van der Waals surface area (Å²) >= 11 is 0. The summed E-state index contributed by atoms with van der Waals surface area (Å²) in [7, 11) is 1.65. The average Bonchev–Trinajstić information content (AvgIpc) is 3.00. The van der Waals surface area contributed by atoms with Crippen LogP contribution in [-0.2, 0) is 4.79 Å². The van der Waals surface area contributed by atoms with Crippen molar-refractivity contribution in [2.45, 2.75) is 33.6 Å². The number of ether oxygens (including phenoxy) is 2. The first-order valence-electron chi connectivity index (χ1n) is 14.1. The molecule has 0 aliphatic heterocycles. The first kappa shape index (κ1) is 29.3. The molecule has 1 N–H and O–H groups in total. The number of carbonyl (C=O) groups is 1. The molecular formula is C35H34N4O4. The van der Waals surface area contributed by atoms with E-state index in [-0.39, 0.29) is 24.0 Å². The second kappa shape index (κ2) is 12.7. The molecule has 0 aliphatic carbocycles. The maximum atomic E-state index is 13.8. The number of aromatic nitrogens is 2. The maximum absolute atomic E-state index is 13.8. The Hall–Kier alpha value is -5.24. The molecule has 0 fully saturated rings. The molecule has 1 aromatic heterocycles. The van der Waals surface area contributed by atoms with Crippen LogP contribution in [0, 0.1) is 13.8 Å². The Morgan fingerprint density at radius 3 is 2.44 bits per heavy atom. The highest BCUT2D eigenvalue weighted by Gasteiger charge is 2.18. The third-order valence-corrected chi connectivity index (χ3v) is 7.12. The van der Waals surface area contributed by atoms with Gasteiger partial charge in [-0.15, -0.1) is 0 Å². The van der Waals surface area contributed by atoms with Gasteiger partial charge in [-0.1, -0.05) is 55.8 Å². The molecule has 0 bridgehead atoms. The smallest absolute Gasteiger partial charge is 0.282 e. The zero-order valence-corrected chi connectivity index (χ0v) is 24.9. The number of nitrogens with one attached hydrogen (secondary N) is 1. The van der Waals surface area contributed by atoms with Gasteiger partial charge in [0.25, 0.3) is 11.5 Å². The van der Waals surface area contributed by atoms with Crippen LogP contribution in [0.5, 0.6) is 11.5 Å². The number of hydrogen-bond donors (Lipinski definition) is 1. The summed E-state index contributed by atoms with van der Waals surface area (Å²) in [5.74, 6) is 1.55. The maximum Gasteiger partial charge on any atom is 0.282 e. The molecule has 5 aromatic rings. The van der Waals surface area contributed by atoms with Gasteiger partial charge >= 0.3 is 0 Å². The Morgan fingerprint density at radius 1 is 0.977 bits per heavy atom. The second-order valence-electron chi connectivity index (χ2n) is 10.6. The Balaban J connectivity index is 1.51. The topological polar surface area (TPSA) is 94.8 Å². The lowest BCUT2D eigenvalue weighted by atomic mass is 9.96. The summed E-state index contributed by atoms with van der Waals surface area (Å²) in [5.41, 5.74) is 5.37. The summed E-state index contributed by atoms with van der Waals surface area (Å²) in [5, 5.41) is 7.92. The van der Waals surface area contributed by atoms with Crippen LogP contribution in [0.15, 0.2) is 94.8 Å². The second-order valence-corrected chi connectivity index (χ2v) is 10.6. The molecule has 0 saturated carbocycles. The minimum atomic E-state index is -0.297. The van der Waals surface area contributed by atoms with Gasteiger partial charge in [-0.2, -0.15) is 9.78 Å². The number of nitrogens with zero attached hydrogens (tertiary/aromatic N) is 3. The summed E-state index contributed by atoms with van der Waals surface area (Å²) in [6, 6.07) is 26.0. The Kier molecular flexibility index (Phi) is 8.66. The fourth-order valence-corrected chi connectivity index (χ4v) is 4.79. The number of para-hydroxylation sites is 2. The Morgan fingerprint density at radius 2 is 1.70 bits per heavy atom. The lowest BCUT2D eigenvalue weighted by Gasteiger charge is -2.17. The van der Waals surface area contributed by atoms with Crippen molar-refractivity contribution in [1.82, 2.24) is 9.66 Å². The molecule has 218 valence electrons. The minimum Gasteiger partial charge on any atom is -0.496 e. The number of benzene rings is 4. The molecule has 1 heterocycles. The molecule has 0 unspecified atom stereocenters. The quantitative estimate of drug-likeness (QED) is 0.197. The number of rotatable bonds is 9. The van der Waals surface area contributed by atoms with Crippen LogP contribution in [0.2, 0.25) is 0 Å². The third-order valence-electron chi connectivity index (χ3n) is 7.12. The van der Waals surface area contributed by atoms with Gasteiger partial charge in [-0.05, 0) is 79.4 Å². The third kappa shape index (κ3) is 6.48. The van der Waals surface area contributed by atoms with Crippen molar-refractivity contribution in [2.75, 3.05) is 19.0 Å². The summed E-state index contributed by atoms with van der Waals surface area (Å²) in [6.07, 6.45) is 1.55. The van der Waals surface area contributed by atoms with Crippen molar-refractivity contribution in [3.05, 3.63) is 118 Å². The van der Waals surface area contributed by atoms with E-state index in [0.717, 1.165) is 28.0 Å². The average molecular weight is 575 g/mol. The van der Waals surface area contributed by atoms with Gasteiger partial charge in [-0.25, -0.2) is 4.98 Å². The van der Waals surface area contributed by atoms with Crippen LogP contribution in [0.4, 0.5) is 5.69 Å². The van der Waals surface area contributed by atoms with E-state index in [4.69, 9.17) is 14.5 Å². The molecule has 0 aliphatic rings. The summed E-state index contributed by atoms with van der Waals surface area (Å²) < 4.78 is 12.8. The van der Waals surface area contributed by atoms with Crippen molar-refractivity contribution in [3.8, 4) is 22.9 Å². The van der Waals surface area contributed by atoms with Gasteiger partial charge in [0.15, 0.2) is 12.4 Å². The molecule has 43 heavy (non-hydrogen) atoms. The molecule has 1 amide bonds. The van der Waals surface area contributed by atoms with E-state index in [9.17, 15) is 9.59 Å². The van der Waals surface area contributed by atoms with Gasteiger partial charge in [0, 0.05) is 16.8 Å². The number of amides is 1. The highest BCUT2D eigenvalue weighted by molar-refractivity contribution is 5.92. The van der Waals surface area contributed by atoms with Gasteiger partial charge < -0.3 is 14.8 Å². The number of fused-ring (bicyclic) bond motifs is 1. The van der Waals surface area contributed by atoms with E-state index in [1.807, 2.05) is 80.6 Å². The monoisotopic (exact) mass is 574 g/mol. The predicted molar refractivity (Wildman–Crippen MR) is 172 cm³/mol. The molecule has 8 heteroatoms. The molecule has 0 atom stereocenters. The largest absolute Gasteiger partial charge is 0.496 e. The molecule has 5 rings (SSSR count). The molecule has 0 spiro atoms. The first-order chi connectivity index (χ1) is 20.7. The van der Waals surface area contributed by atoms with E-state index in [0.29, 0.717) is 33.7 Å².